The van der Waals surface area contributed by atoms with Crippen LogP contribution in [0, 0.1) is 0 Å². The van der Waals surface area contributed by atoms with Gasteiger partial charge < -0.3 is 15.5 Å². The molecule has 3 aromatic rings. The van der Waals surface area contributed by atoms with Crippen LogP contribution in [0.15, 0.2) is 36.2 Å². The molecule has 2 fully saturated rings. The van der Waals surface area contributed by atoms with Crippen LogP contribution >= 0.6 is 0 Å². The van der Waals surface area contributed by atoms with Crippen molar-refractivity contribution in [2.45, 2.75) is 31.8 Å². The summed E-state index contributed by atoms with van der Waals surface area (Å²) in [5, 5.41) is 12.6. The average molecular weight is 416 g/mol. The van der Waals surface area contributed by atoms with E-state index in [-0.39, 0.29) is 5.70 Å². The number of anilines is 2. The van der Waals surface area contributed by atoms with Gasteiger partial charge in [0.2, 0.25) is 11.9 Å². The highest BCUT2D eigenvalue weighted by Crippen LogP contribution is 2.28. The highest BCUT2D eigenvalue weighted by atomic mass is 16.2. The van der Waals surface area contributed by atoms with Gasteiger partial charge in [0.15, 0.2) is 5.65 Å². The van der Waals surface area contributed by atoms with Crippen LogP contribution in [-0.2, 0) is 17.8 Å². The number of aromatic nitrogens is 4. The van der Waals surface area contributed by atoms with Crippen molar-refractivity contribution >= 4 is 35.6 Å². The summed E-state index contributed by atoms with van der Waals surface area (Å²) < 4.78 is 1.65. The van der Waals surface area contributed by atoms with E-state index in [1.165, 1.54) is 11.1 Å². The van der Waals surface area contributed by atoms with Crippen LogP contribution in [-0.4, -0.2) is 44.1 Å². The predicted molar refractivity (Wildman–Crippen MR) is 113 cm³/mol. The van der Waals surface area contributed by atoms with E-state index in [9.17, 15) is 9.59 Å². The van der Waals surface area contributed by atoms with Crippen molar-refractivity contribution in [2.75, 3.05) is 16.8 Å². The van der Waals surface area contributed by atoms with Crippen molar-refractivity contribution in [3.05, 3.63) is 52.8 Å². The van der Waals surface area contributed by atoms with Gasteiger partial charge in [0.1, 0.15) is 5.70 Å². The van der Waals surface area contributed by atoms with Gasteiger partial charge in [-0.2, -0.15) is 19.6 Å². The van der Waals surface area contributed by atoms with Crippen molar-refractivity contribution in [1.29, 1.82) is 0 Å². The number of carbonyl (C=O) groups excluding carboxylic acids is 2. The maximum Gasteiger partial charge on any atom is 0.326 e. The quantitative estimate of drug-likeness (QED) is 0.435. The maximum absolute atomic E-state index is 12.0. The fourth-order valence-electron chi connectivity index (χ4n) is 3.93. The molecule has 1 aliphatic carbocycles. The molecule has 2 aliphatic heterocycles. The number of imide groups is 1. The number of rotatable bonds is 4. The van der Waals surface area contributed by atoms with Crippen LogP contribution in [0.5, 0.6) is 0 Å². The third-order valence-corrected chi connectivity index (χ3v) is 5.73. The molecule has 10 heteroatoms. The Hall–Kier alpha value is -3.95. The summed E-state index contributed by atoms with van der Waals surface area (Å²) in [7, 11) is 0. The maximum atomic E-state index is 12.0. The minimum Gasteiger partial charge on any atom is -0.351 e. The Morgan fingerprint density at radius 2 is 1.94 bits per heavy atom. The molecule has 156 valence electrons. The summed E-state index contributed by atoms with van der Waals surface area (Å²) in [6.07, 6.45) is 6.34. The molecular formula is C21H20N8O2. The molecule has 31 heavy (non-hydrogen) atoms. The van der Waals surface area contributed by atoms with Gasteiger partial charge in [0, 0.05) is 24.7 Å². The first kappa shape index (κ1) is 17.9. The molecule has 0 bridgehead atoms. The number of hydrogen-bond donors (Lipinski definition) is 3. The lowest BCUT2D eigenvalue weighted by Crippen LogP contribution is -2.32. The zero-order chi connectivity index (χ0) is 20.9. The summed E-state index contributed by atoms with van der Waals surface area (Å²) in [6, 6.07) is 8.27. The second-order valence-corrected chi connectivity index (χ2v) is 8.01. The Labute approximate surface area is 177 Å². The lowest BCUT2D eigenvalue weighted by atomic mass is 10.0. The summed E-state index contributed by atoms with van der Waals surface area (Å²) in [5.74, 6) is 0.777. The van der Waals surface area contributed by atoms with Crippen LogP contribution in [0.2, 0.25) is 0 Å². The van der Waals surface area contributed by atoms with Gasteiger partial charge in [-0.25, -0.2) is 4.79 Å². The van der Waals surface area contributed by atoms with Crippen molar-refractivity contribution in [3.8, 4) is 0 Å². The fraction of sp³-hybridized carbons (Fsp3) is 0.286. The molecule has 0 radical (unpaired) electrons. The van der Waals surface area contributed by atoms with Gasteiger partial charge in [-0.15, -0.1) is 0 Å². The molecule has 0 unspecified atom stereocenters. The number of nitrogens with one attached hydrogen (secondary N) is 3. The molecule has 3 N–H and O–H groups in total. The first-order valence-electron chi connectivity index (χ1n) is 10.3. The average Bonchev–Trinajstić information content (AvgIpc) is 3.41. The number of nitrogens with zero attached hydrogens (tertiary/aromatic N) is 5. The molecule has 4 heterocycles. The molecule has 0 spiro atoms. The first-order chi connectivity index (χ1) is 15.1. The number of urea groups is 1. The Morgan fingerprint density at radius 1 is 1.10 bits per heavy atom. The number of benzene rings is 1. The van der Waals surface area contributed by atoms with Crippen molar-refractivity contribution < 1.29 is 9.59 Å². The Bertz CT molecular complexity index is 1260. The lowest BCUT2D eigenvalue weighted by molar-refractivity contribution is -0.115. The van der Waals surface area contributed by atoms with E-state index in [2.05, 4.69) is 50.2 Å². The second-order valence-electron chi connectivity index (χ2n) is 8.01. The standard InChI is InChI=1S/C21H20N8O2/c30-18-16(24-21(31)26-18)9-14-10-22-29-17(14)25-19(27-20(29)23-15-5-6-15)28-8-7-12-3-1-2-4-13(12)11-28/h1-4,9-10,15H,5-8,11H2,(H,23,25,27)(H2,24,26,30,31)/b16-9-. The zero-order valence-corrected chi connectivity index (χ0v) is 16.6. The largest absolute Gasteiger partial charge is 0.351 e. The summed E-state index contributed by atoms with van der Waals surface area (Å²) in [6.45, 7) is 1.55. The van der Waals surface area contributed by atoms with Crippen molar-refractivity contribution in [2.24, 2.45) is 0 Å². The highest BCUT2D eigenvalue weighted by Gasteiger charge is 2.27. The smallest absolute Gasteiger partial charge is 0.326 e. The monoisotopic (exact) mass is 416 g/mol. The van der Waals surface area contributed by atoms with Gasteiger partial charge in [-0.3, -0.25) is 10.1 Å². The molecule has 1 aromatic carbocycles. The predicted octanol–water partition coefficient (Wildman–Crippen LogP) is 1.44. The summed E-state index contributed by atoms with van der Waals surface area (Å²) in [4.78, 5) is 35.1. The van der Waals surface area contributed by atoms with E-state index in [4.69, 9.17) is 9.97 Å². The van der Waals surface area contributed by atoms with Crippen molar-refractivity contribution in [1.82, 2.24) is 30.2 Å². The Kier molecular flexibility index (Phi) is 3.92. The molecule has 3 amide bonds. The SMILES string of the molecule is O=C1NC(=O)/C(=C/c2cnn3c(NC4CC4)nc(N4CCc5ccccc5C4)nc23)N1. The molecular weight excluding hydrogens is 396 g/mol. The van der Waals surface area contributed by atoms with Gasteiger partial charge >= 0.3 is 6.03 Å². The minimum absolute atomic E-state index is 0.170. The highest BCUT2D eigenvalue weighted by molar-refractivity contribution is 6.14. The lowest BCUT2D eigenvalue weighted by Gasteiger charge is -2.29. The normalized spacial score (nSPS) is 19.5. The van der Waals surface area contributed by atoms with Gasteiger partial charge in [0.05, 0.1) is 6.20 Å². The molecule has 0 atom stereocenters. The van der Waals surface area contributed by atoms with E-state index in [0.717, 1.165) is 32.4 Å². The van der Waals surface area contributed by atoms with Gasteiger partial charge in [0.25, 0.3) is 5.91 Å². The Morgan fingerprint density at radius 3 is 2.71 bits per heavy atom. The number of hydrogen-bond acceptors (Lipinski definition) is 7. The van der Waals surface area contributed by atoms with Crippen molar-refractivity contribution in [3.63, 3.8) is 0 Å². The van der Waals surface area contributed by atoms with Crippen LogP contribution in [0.1, 0.15) is 29.5 Å². The van der Waals surface area contributed by atoms with Gasteiger partial charge in [-0.05, 0) is 36.5 Å². The molecule has 1 saturated heterocycles. The second kappa shape index (κ2) is 6.79. The van der Waals surface area contributed by atoms with E-state index in [1.807, 2.05) is 0 Å². The minimum atomic E-state index is -0.536. The van der Waals surface area contributed by atoms with Crippen LogP contribution < -0.4 is 20.9 Å². The van der Waals surface area contributed by atoms with Crippen LogP contribution in [0.4, 0.5) is 16.7 Å². The molecule has 2 aromatic heterocycles. The number of fused-ring (bicyclic) bond motifs is 2. The van der Waals surface area contributed by atoms with E-state index in [0.29, 0.717) is 29.1 Å². The van der Waals surface area contributed by atoms with E-state index < -0.39 is 11.9 Å². The topological polar surface area (TPSA) is 117 Å². The van der Waals surface area contributed by atoms with E-state index in [1.54, 1.807) is 16.8 Å². The summed E-state index contributed by atoms with van der Waals surface area (Å²) in [5.41, 5.74) is 4.01. The first-order valence-corrected chi connectivity index (χ1v) is 10.3. The third kappa shape index (κ3) is 3.25. The van der Waals surface area contributed by atoms with Gasteiger partial charge in [-0.1, -0.05) is 24.3 Å². The van der Waals surface area contributed by atoms with Crippen LogP contribution in [0.25, 0.3) is 11.7 Å². The Balaban J connectivity index is 1.42. The van der Waals surface area contributed by atoms with E-state index >= 15 is 0 Å². The zero-order valence-electron chi connectivity index (χ0n) is 16.6. The number of amides is 3. The summed E-state index contributed by atoms with van der Waals surface area (Å²) >= 11 is 0. The van der Waals surface area contributed by atoms with Crippen LogP contribution in [0.3, 0.4) is 0 Å². The molecule has 10 nitrogen and oxygen atoms in total. The molecule has 3 aliphatic rings. The fourth-order valence-corrected chi connectivity index (χ4v) is 3.93. The molecule has 1 saturated carbocycles. The third-order valence-electron chi connectivity index (χ3n) is 5.73. The number of carbonyl (C=O) groups is 2. The molecule has 6 rings (SSSR count).